The second-order valence-electron chi connectivity index (χ2n) is 8.08. The Morgan fingerprint density at radius 1 is 1.23 bits per heavy atom. The third-order valence-electron chi connectivity index (χ3n) is 5.31. The molecule has 3 aromatic rings. The first-order chi connectivity index (χ1) is 14.4. The molecule has 1 aliphatic heterocycles. The summed E-state index contributed by atoms with van der Waals surface area (Å²) in [5.41, 5.74) is 1.32. The van der Waals surface area contributed by atoms with Crippen molar-refractivity contribution < 1.29 is 13.6 Å². The fourth-order valence-electron chi connectivity index (χ4n) is 3.81. The highest BCUT2D eigenvalue weighted by molar-refractivity contribution is 5.85. The number of carbonyl (C=O) groups excluding carboxylic acids is 1. The van der Waals surface area contributed by atoms with Crippen molar-refractivity contribution in [3.63, 3.8) is 0 Å². The monoisotopic (exact) mass is 411 g/mol. The maximum atomic E-state index is 14.5. The van der Waals surface area contributed by atoms with Crippen LogP contribution < -0.4 is 5.32 Å². The number of hydrogen-bond donors (Lipinski definition) is 1. The number of carbonyl (C=O) groups is 1. The van der Waals surface area contributed by atoms with Gasteiger partial charge in [-0.25, -0.2) is 9.37 Å². The fraction of sp³-hybridized carbons (Fsp3) is 0.455. The number of piperidine rings is 1. The van der Waals surface area contributed by atoms with E-state index in [1.165, 1.54) is 0 Å². The SMILES string of the molecule is Cc1ncc(-c2cc3cc(CC(=O)N4CC[C@H](NC(C)C)[C@@H](F)C4)ncc3cn2)o1. The van der Waals surface area contributed by atoms with E-state index in [1.54, 1.807) is 30.4 Å². The molecule has 158 valence electrons. The molecule has 1 aliphatic rings. The van der Waals surface area contributed by atoms with Gasteiger partial charge in [0.2, 0.25) is 5.91 Å². The van der Waals surface area contributed by atoms with Gasteiger partial charge in [-0.05, 0) is 23.9 Å². The van der Waals surface area contributed by atoms with Crippen molar-refractivity contribution in [1.29, 1.82) is 0 Å². The van der Waals surface area contributed by atoms with Crippen molar-refractivity contribution in [2.24, 2.45) is 0 Å². The lowest BCUT2D eigenvalue weighted by Gasteiger charge is -2.36. The molecule has 0 aromatic carbocycles. The zero-order valence-corrected chi connectivity index (χ0v) is 17.4. The van der Waals surface area contributed by atoms with Gasteiger partial charge in [-0.15, -0.1) is 0 Å². The Morgan fingerprint density at radius 2 is 2.03 bits per heavy atom. The summed E-state index contributed by atoms with van der Waals surface area (Å²) in [7, 11) is 0. The first kappa shape index (κ1) is 20.4. The number of nitrogens with zero attached hydrogens (tertiary/aromatic N) is 4. The number of fused-ring (bicyclic) bond motifs is 1. The molecular weight excluding hydrogens is 385 g/mol. The molecule has 1 fully saturated rings. The van der Waals surface area contributed by atoms with Crippen molar-refractivity contribution >= 4 is 16.7 Å². The Kier molecular flexibility index (Phi) is 5.76. The summed E-state index contributed by atoms with van der Waals surface area (Å²) in [6, 6.07) is 3.80. The minimum absolute atomic E-state index is 0.104. The van der Waals surface area contributed by atoms with Gasteiger partial charge >= 0.3 is 0 Å². The van der Waals surface area contributed by atoms with E-state index in [0.717, 1.165) is 10.8 Å². The lowest BCUT2D eigenvalue weighted by molar-refractivity contribution is -0.133. The van der Waals surface area contributed by atoms with E-state index in [4.69, 9.17) is 4.42 Å². The standard InChI is InChI=1S/C22H26FN5O2/c1-13(2)27-19-4-5-28(12-18(19)23)22(29)8-17-6-15-7-20(21-11-24-14(3)30-21)26-10-16(15)9-25-17/h6-7,9-11,13,18-19,27H,4-5,8,12H2,1-3H3/t18-,19-/m0/s1. The Bertz CT molecular complexity index is 1050. The molecule has 4 rings (SSSR count). The number of likely N-dealkylation sites (tertiary alicyclic amines) is 1. The predicted octanol–water partition coefficient (Wildman–Crippen LogP) is 3.07. The summed E-state index contributed by atoms with van der Waals surface area (Å²) in [6.07, 6.45) is 4.76. The zero-order valence-electron chi connectivity index (χ0n) is 17.4. The smallest absolute Gasteiger partial charge is 0.228 e. The number of hydrogen-bond acceptors (Lipinski definition) is 6. The quantitative estimate of drug-likeness (QED) is 0.695. The number of halogens is 1. The summed E-state index contributed by atoms with van der Waals surface area (Å²) < 4.78 is 20.0. The van der Waals surface area contributed by atoms with Crippen molar-refractivity contribution in [3.8, 4) is 11.5 Å². The average molecular weight is 411 g/mol. The number of oxazole rings is 1. The number of nitrogens with one attached hydrogen (secondary N) is 1. The van der Waals surface area contributed by atoms with Crippen LogP contribution >= 0.6 is 0 Å². The van der Waals surface area contributed by atoms with E-state index in [-0.39, 0.29) is 31.0 Å². The lowest BCUT2D eigenvalue weighted by atomic mass is 10.0. The highest BCUT2D eigenvalue weighted by Gasteiger charge is 2.31. The minimum atomic E-state index is -1.06. The van der Waals surface area contributed by atoms with E-state index < -0.39 is 6.17 Å². The van der Waals surface area contributed by atoms with Gasteiger partial charge in [0.05, 0.1) is 24.9 Å². The van der Waals surface area contributed by atoms with Gasteiger partial charge in [0, 0.05) is 43.3 Å². The van der Waals surface area contributed by atoms with Crippen LogP contribution in [0.5, 0.6) is 0 Å². The first-order valence-corrected chi connectivity index (χ1v) is 10.2. The summed E-state index contributed by atoms with van der Waals surface area (Å²) in [6.45, 7) is 6.45. The molecule has 0 radical (unpaired) electrons. The highest BCUT2D eigenvalue weighted by atomic mass is 19.1. The summed E-state index contributed by atoms with van der Waals surface area (Å²) in [5, 5.41) is 5.02. The van der Waals surface area contributed by atoms with E-state index in [2.05, 4.69) is 20.3 Å². The number of pyridine rings is 2. The minimum Gasteiger partial charge on any atom is -0.439 e. The molecule has 3 aromatic heterocycles. The summed E-state index contributed by atoms with van der Waals surface area (Å²) in [4.78, 5) is 27.2. The third-order valence-corrected chi connectivity index (χ3v) is 5.31. The number of aromatic nitrogens is 3. The van der Waals surface area contributed by atoms with Gasteiger partial charge in [0.15, 0.2) is 11.7 Å². The highest BCUT2D eigenvalue weighted by Crippen LogP contribution is 2.23. The van der Waals surface area contributed by atoms with Crippen LogP contribution in [-0.4, -0.2) is 57.1 Å². The largest absolute Gasteiger partial charge is 0.439 e. The zero-order chi connectivity index (χ0) is 21.3. The lowest BCUT2D eigenvalue weighted by Crippen LogP contribution is -2.54. The number of rotatable bonds is 5. The average Bonchev–Trinajstić information content (AvgIpc) is 3.15. The maximum absolute atomic E-state index is 14.5. The normalized spacial score (nSPS) is 19.6. The molecule has 0 spiro atoms. The molecule has 7 nitrogen and oxygen atoms in total. The van der Waals surface area contributed by atoms with Crippen LogP contribution in [0.3, 0.4) is 0 Å². The van der Waals surface area contributed by atoms with Gasteiger partial charge < -0.3 is 14.6 Å². The molecule has 8 heteroatoms. The molecule has 0 unspecified atom stereocenters. The molecule has 0 bridgehead atoms. The topological polar surface area (TPSA) is 84.2 Å². The van der Waals surface area contributed by atoms with E-state index in [9.17, 15) is 9.18 Å². The Morgan fingerprint density at radius 3 is 2.73 bits per heavy atom. The number of amides is 1. The van der Waals surface area contributed by atoms with Crippen LogP contribution in [0.1, 0.15) is 31.9 Å². The molecule has 4 heterocycles. The number of alkyl halides is 1. The second-order valence-corrected chi connectivity index (χ2v) is 8.08. The molecule has 0 aliphatic carbocycles. The van der Waals surface area contributed by atoms with Gasteiger partial charge in [-0.1, -0.05) is 13.8 Å². The third kappa shape index (κ3) is 4.48. The van der Waals surface area contributed by atoms with E-state index in [0.29, 0.717) is 36.0 Å². The van der Waals surface area contributed by atoms with Crippen molar-refractivity contribution in [3.05, 3.63) is 42.3 Å². The molecule has 1 N–H and O–H groups in total. The van der Waals surface area contributed by atoms with Crippen LogP contribution in [0, 0.1) is 6.92 Å². The van der Waals surface area contributed by atoms with Crippen molar-refractivity contribution in [2.75, 3.05) is 13.1 Å². The second kappa shape index (κ2) is 8.47. The first-order valence-electron chi connectivity index (χ1n) is 10.2. The van der Waals surface area contributed by atoms with Crippen LogP contribution in [0.25, 0.3) is 22.2 Å². The molecule has 0 saturated carbocycles. The number of aryl methyl sites for hydroxylation is 1. The molecular formula is C22H26FN5O2. The van der Waals surface area contributed by atoms with Crippen LogP contribution in [-0.2, 0) is 11.2 Å². The van der Waals surface area contributed by atoms with Crippen LogP contribution in [0.2, 0.25) is 0 Å². The summed E-state index contributed by atoms with van der Waals surface area (Å²) in [5.74, 6) is 1.06. The van der Waals surface area contributed by atoms with Crippen LogP contribution in [0.4, 0.5) is 4.39 Å². The van der Waals surface area contributed by atoms with Gasteiger partial charge in [0.1, 0.15) is 11.9 Å². The Hall–Kier alpha value is -2.87. The maximum Gasteiger partial charge on any atom is 0.228 e. The van der Waals surface area contributed by atoms with Gasteiger partial charge in [-0.2, -0.15) is 0 Å². The van der Waals surface area contributed by atoms with Crippen molar-refractivity contribution in [2.45, 2.75) is 51.9 Å². The van der Waals surface area contributed by atoms with E-state index >= 15 is 0 Å². The van der Waals surface area contributed by atoms with Gasteiger partial charge in [0.25, 0.3) is 0 Å². The fourth-order valence-corrected chi connectivity index (χ4v) is 3.81. The van der Waals surface area contributed by atoms with Crippen molar-refractivity contribution in [1.82, 2.24) is 25.2 Å². The molecule has 30 heavy (non-hydrogen) atoms. The molecule has 2 atom stereocenters. The Balaban J connectivity index is 1.46. The molecule has 1 saturated heterocycles. The van der Waals surface area contributed by atoms with E-state index in [1.807, 2.05) is 26.0 Å². The summed E-state index contributed by atoms with van der Waals surface area (Å²) >= 11 is 0. The Labute approximate surface area is 174 Å². The predicted molar refractivity (Wildman–Crippen MR) is 112 cm³/mol. The van der Waals surface area contributed by atoms with Crippen LogP contribution in [0.15, 0.2) is 35.1 Å². The van der Waals surface area contributed by atoms with Gasteiger partial charge in [-0.3, -0.25) is 14.8 Å². The molecule has 1 amide bonds.